The van der Waals surface area contributed by atoms with Crippen LogP contribution in [0.25, 0.3) is 0 Å². The van der Waals surface area contributed by atoms with Gasteiger partial charge in [-0.2, -0.15) is 0 Å². The van der Waals surface area contributed by atoms with Crippen LogP contribution in [0.4, 0.5) is 0 Å². The van der Waals surface area contributed by atoms with Gasteiger partial charge in [0.15, 0.2) is 0 Å². The lowest BCUT2D eigenvalue weighted by molar-refractivity contribution is 0.0695. The van der Waals surface area contributed by atoms with Crippen molar-refractivity contribution in [3.05, 3.63) is 41.5 Å². The number of sulfonamides is 1. The maximum absolute atomic E-state index is 12.6. The quantitative estimate of drug-likeness (QED) is 0.839. The molecule has 1 aliphatic heterocycles. The molecule has 1 aliphatic carbocycles. The van der Waals surface area contributed by atoms with E-state index >= 15 is 0 Å². The van der Waals surface area contributed by atoms with Gasteiger partial charge < -0.3 is 5.11 Å². The highest BCUT2D eigenvalue weighted by Crippen LogP contribution is 2.35. The summed E-state index contributed by atoms with van der Waals surface area (Å²) in [4.78, 5) is 23.1. The molecule has 1 aromatic carbocycles. The summed E-state index contributed by atoms with van der Waals surface area (Å²) in [6, 6.07) is 3.19. The first-order chi connectivity index (χ1) is 9.93. The number of hydrogen-bond donors (Lipinski definition) is 1. The second-order valence-electron chi connectivity index (χ2n) is 5.06. The zero-order valence-electron chi connectivity index (χ0n) is 11.0. The Balaban J connectivity index is 2.10. The molecule has 2 aliphatic rings. The van der Waals surface area contributed by atoms with Crippen molar-refractivity contribution in [3.8, 4) is 0 Å². The summed E-state index contributed by atoms with van der Waals surface area (Å²) in [5.74, 6) is -1.79. The van der Waals surface area contributed by atoms with Crippen LogP contribution in [0.15, 0.2) is 35.2 Å². The van der Waals surface area contributed by atoms with Crippen LogP contribution in [0.2, 0.25) is 0 Å². The lowest BCUT2D eigenvalue weighted by Crippen LogP contribution is -2.40. The number of nitrogens with zero attached hydrogens (tertiary/aromatic N) is 1. The molecule has 1 aromatic rings. The van der Waals surface area contributed by atoms with Crippen molar-refractivity contribution in [2.45, 2.75) is 30.2 Å². The van der Waals surface area contributed by atoms with Crippen molar-refractivity contribution in [3.63, 3.8) is 0 Å². The first-order valence-electron chi connectivity index (χ1n) is 6.54. The summed E-state index contributed by atoms with van der Waals surface area (Å²) in [6.07, 6.45) is 5.62. The molecule has 1 unspecified atom stereocenters. The SMILES string of the molecule is O=C(O)c1ccc2c(c1)S(=O)(=O)N(C1CC=CCC1)C2=O. The molecular weight excluding hydrogens is 294 g/mol. The molecule has 3 rings (SSSR count). The minimum Gasteiger partial charge on any atom is -0.478 e. The molecular formula is C14H13NO5S. The molecule has 1 amide bonds. The summed E-state index contributed by atoms with van der Waals surface area (Å²) in [6.45, 7) is 0. The molecule has 21 heavy (non-hydrogen) atoms. The third kappa shape index (κ3) is 2.04. The van der Waals surface area contributed by atoms with Crippen LogP contribution in [0.3, 0.4) is 0 Å². The van der Waals surface area contributed by atoms with E-state index < -0.39 is 27.9 Å². The molecule has 0 bridgehead atoms. The number of rotatable bonds is 2. The van der Waals surface area contributed by atoms with E-state index in [1.807, 2.05) is 12.2 Å². The number of carbonyl (C=O) groups is 2. The average Bonchev–Trinajstić information content (AvgIpc) is 2.66. The highest BCUT2D eigenvalue weighted by molar-refractivity contribution is 7.90. The second kappa shape index (κ2) is 4.70. The third-order valence-electron chi connectivity index (χ3n) is 3.77. The zero-order valence-corrected chi connectivity index (χ0v) is 11.8. The number of carboxylic acid groups (broad SMARTS) is 1. The van der Waals surface area contributed by atoms with Crippen molar-refractivity contribution >= 4 is 21.9 Å². The van der Waals surface area contributed by atoms with Gasteiger partial charge in [-0.3, -0.25) is 4.79 Å². The molecule has 0 aromatic heterocycles. The number of amides is 1. The Kier molecular flexibility index (Phi) is 3.09. The molecule has 7 heteroatoms. The van der Waals surface area contributed by atoms with E-state index in [0.29, 0.717) is 12.8 Å². The van der Waals surface area contributed by atoms with Gasteiger partial charge in [-0.25, -0.2) is 17.5 Å². The Hall–Kier alpha value is -2.15. The Labute approximate surface area is 121 Å². The van der Waals surface area contributed by atoms with E-state index in [2.05, 4.69) is 0 Å². The third-order valence-corrected chi connectivity index (χ3v) is 5.64. The smallest absolute Gasteiger partial charge is 0.335 e. The predicted octanol–water partition coefficient (Wildman–Crippen LogP) is 1.64. The fourth-order valence-electron chi connectivity index (χ4n) is 2.73. The number of fused-ring (bicyclic) bond motifs is 1. The van der Waals surface area contributed by atoms with Crippen LogP contribution in [0.5, 0.6) is 0 Å². The van der Waals surface area contributed by atoms with Crippen LogP contribution in [-0.4, -0.2) is 35.7 Å². The molecule has 0 saturated carbocycles. The Morgan fingerprint density at radius 2 is 2.05 bits per heavy atom. The highest BCUT2D eigenvalue weighted by atomic mass is 32.2. The maximum Gasteiger partial charge on any atom is 0.335 e. The topological polar surface area (TPSA) is 91.8 Å². The molecule has 1 heterocycles. The monoisotopic (exact) mass is 307 g/mol. The predicted molar refractivity (Wildman–Crippen MR) is 73.5 cm³/mol. The van der Waals surface area contributed by atoms with E-state index in [-0.39, 0.29) is 16.0 Å². The Bertz CT molecular complexity index is 766. The standard InChI is InChI=1S/C14H13NO5S/c16-13-11-7-6-9(14(17)18)8-12(11)21(19,20)15(13)10-4-2-1-3-5-10/h1-2,6-8,10H,3-5H2,(H,17,18). The fourth-order valence-corrected chi connectivity index (χ4v) is 4.55. The molecule has 0 saturated heterocycles. The van der Waals surface area contributed by atoms with Gasteiger partial charge >= 0.3 is 5.97 Å². The summed E-state index contributed by atoms with van der Waals surface area (Å²) in [5, 5.41) is 8.96. The molecule has 0 radical (unpaired) electrons. The summed E-state index contributed by atoms with van der Waals surface area (Å²) < 4.78 is 26.0. The highest BCUT2D eigenvalue weighted by Gasteiger charge is 2.45. The van der Waals surface area contributed by atoms with Crippen molar-refractivity contribution in [1.29, 1.82) is 0 Å². The van der Waals surface area contributed by atoms with Gasteiger partial charge in [0.25, 0.3) is 15.9 Å². The van der Waals surface area contributed by atoms with Crippen LogP contribution >= 0.6 is 0 Å². The van der Waals surface area contributed by atoms with Crippen molar-refractivity contribution in [2.75, 3.05) is 0 Å². The summed E-state index contributed by atoms with van der Waals surface area (Å²) in [7, 11) is -3.96. The normalized spacial score (nSPS) is 23.1. The molecule has 1 atom stereocenters. The number of carbonyl (C=O) groups excluding carboxylic acids is 1. The fraction of sp³-hybridized carbons (Fsp3) is 0.286. The Morgan fingerprint density at radius 3 is 2.67 bits per heavy atom. The molecule has 0 fully saturated rings. The van der Waals surface area contributed by atoms with E-state index in [0.717, 1.165) is 16.8 Å². The van der Waals surface area contributed by atoms with Crippen LogP contribution in [0.1, 0.15) is 40.0 Å². The van der Waals surface area contributed by atoms with Crippen molar-refractivity contribution in [1.82, 2.24) is 4.31 Å². The summed E-state index contributed by atoms with van der Waals surface area (Å²) in [5.41, 5.74) is -0.0925. The van der Waals surface area contributed by atoms with Gasteiger partial charge in [-0.05, 0) is 37.5 Å². The second-order valence-corrected chi connectivity index (χ2v) is 6.84. The van der Waals surface area contributed by atoms with Gasteiger partial charge in [0.2, 0.25) is 0 Å². The van der Waals surface area contributed by atoms with Gasteiger partial charge in [0.05, 0.1) is 17.2 Å². The summed E-state index contributed by atoms with van der Waals surface area (Å²) >= 11 is 0. The molecule has 6 nitrogen and oxygen atoms in total. The van der Waals surface area contributed by atoms with E-state index in [1.165, 1.54) is 12.1 Å². The lowest BCUT2D eigenvalue weighted by Gasteiger charge is -2.27. The number of allylic oxidation sites excluding steroid dienone is 1. The van der Waals surface area contributed by atoms with Crippen LogP contribution < -0.4 is 0 Å². The minimum atomic E-state index is -3.96. The van der Waals surface area contributed by atoms with Crippen LogP contribution in [0, 0.1) is 0 Å². The van der Waals surface area contributed by atoms with Crippen LogP contribution in [-0.2, 0) is 10.0 Å². The Morgan fingerprint density at radius 1 is 1.29 bits per heavy atom. The molecule has 1 N–H and O–H groups in total. The maximum atomic E-state index is 12.6. The largest absolute Gasteiger partial charge is 0.478 e. The van der Waals surface area contributed by atoms with Gasteiger partial charge in [-0.15, -0.1) is 0 Å². The van der Waals surface area contributed by atoms with Gasteiger partial charge in [-0.1, -0.05) is 12.2 Å². The minimum absolute atomic E-state index is 0.0505. The molecule has 110 valence electrons. The van der Waals surface area contributed by atoms with E-state index in [9.17, 15) is 18.0 Å². The first kappa shape index (κ1) is 13.8. The van der Waals surface area contributed by atoms with E-state index in [4.69, 9.17) is 5.11 Å². The van der Waals surface area contributed by atoms with Crippen molar-refractivity contribution in [2.24, 2.45) is 0 Å². The number of benzene rings is 1. The van der Waals surface area contributed by atoms with E-state index in [1.54, 1.807) is 0 Å². The number of carboxylic acids is 1. The molecule has 0 spiro atoms. The number of hydrogen-bond acceptors (Lipinski definition) is 4. The average molecular weight is 307 g/mol. The zero-order chi connectivity index (χ0) is 15.2. The number of aromatic carboxylic acids is 1. The van der Waals surface area contributed by atoms with Crippen molar-refractivity contribution < 1.29 is 23.1 Å². The van der Waals surface area contributed by atoms with Gasteiger partial charge in [0.1, 0.15) is 4.90 Å². The first-order valence-corrected chi connectivity index (χ1v) is 7.98. The van der Waals surface area contributed by atoms with Gasteiger partial charge in [0, 0.05) is 0 Å². The lowest BCUT2D eigenvalue weighted by atomic mass is 10.0.